The van der Waals surface area contributed by atoms with Gasteiger partial charge in [0.15, 0.2) is 0 Å². The lowest BCUT2D eigenvalue weighted by atomic mass is 9.89. The van der Waals surface area contributed by atoms with Crippen LogP contribution in [0.5, 0.6) is 0 Å². The third-order valence-electron chi connectivity index (χ3n) is 3.29. The summed E-state index contributed by atoms with van der Waals surface area (Å²) in [5, 5.41) is 0. The Morgan fingerprint density at radius 2 is 1.83 bits per heavy atom. The number of hydrogen-bond acceptors (Lipinski definition) is 1. The number of halogens is 3. The molecule has 0 aliphatic carbocycles. The molecule has 0 bridgehead atoms. The van der Waals surface area contributed by atoms with Crippen LogP contribution in [0.1, 0.15) is 30.4 Å². The van der Waals surface area contributed by atoms with Crippen molar-refractivity contribution < 1.29 is 17.9 Å². The maximum atomic E-state index is 12.4. The molecule has 0 saturated carbocycles. The smallest absolute Gasteiger partial charge is 0.377 e. The van der Waals surface area contributed by atoms with Crippen molar-refractivity contribution in [2.45, 2.75) is 25.4 Å². The Morgan fingerprint density at radius 1 is 1.17 bits per heavy atom. The van der Waals surface area contributed by atoms with E-state index in [1.54, 1.807) is 12.1 Å². The van der Waals surface area contributed by atoms with E-state index in [1.807, 2.05) is 13.0 Å². The van der Waals surface area contributed by atoms with Gasteiger partial charge in [-0.1, -0.05) is 30.7 Å². The Kier molecular flexibility index (Phi) is 3.76. The molecule has 0 aromatic heterocycles. The fourth-order valence-corrected chi connectivity index (χ4v) is 2.11. The van der Waals surface area contributed by atoms with E-state index in [1.165, 1.54) is 5.57 Å². The van der Waals surface area contributed by atoms with E-state index < -0.39 is 11.7 Å². The second-order valence-electron chi connectivity index (χ2n) is 4.45. The van der Waals surface area contributed by atoms with Gasteiger partial charge in [0.05, 0.1) is 18.8 Å². The second kappa shape index (κ2) is 5.14. The molecule has 0 amide bonds. The quantitative estimate of drug-likeness (QED) is 0.722. The maximum Gasteiger partial charge on any atom is 0.416 e. The Morgan fingerprint density at radius 3 is 2.33 bits per heavy atom. The minimum atomic E-state index is -4.26. The van der Waals surface area contributed by atoms with Crippen LogP contribution in [0.25, 0.3) is 0 Å². The van der Waals surface area contributed by atoms with E-state index in [2.05, 4.69) is 0 Å². The highest BCUT2D eigenvalue weighted by Gasteiger charge is 2.30. The van der Waals surface area contributed by atoms with Gasteiger partial charge >= 0.3 is 6.18 Å². The fraction of sp³-hybridized carbons (Fsp3) is 0.429. The number of alkyl halides is 3. The van der Waals surface area contributed by atoms with Crippen LogP contribution in [0.15, 0.2) is 35.9 Å². The molecule has 1 aliphatic heterocycles. The molecule has 1 aliphatic rings. The summed E-state index contributed by atoms with van der Waals surface area (Å²) in [6.07, 6.45) is -1.40. The molecule has 1 heterocycles. The molecule has 1 unspecified atom stereocenters. The first-order valence-electron chi connectivity index (χ1n) is 5.92. The lowest BCUT2D eigenvalue weighted by Gasteiger charge is -2.20. The minimum Gasteiger partial charge on any atom is -0.377 e. The SMILES string of the molecule is CC(C1=CCOCC1)c1ccc(C(F)(F)F)cc1. The van der Waals surface area contributed by atoms with Crippen molar-refractivity contribution >= 4 is 0 Å². The van der Waals surface area contributed by atoms with Crippen molar-refractivity contribution in [2.24, 2.45) is 0 Å². The van der Waals surface area contributed by atoms with Crippen LogP contribution in [-0.4, -0.2) is 13.2 Å². The molecule has 0 saturated heterocycles. The van der Waals surface area contributed by atoms with Gasteiger partial charge in [-0.3, -0.25) is 0 Å². The summed E-state index contributed by atoms with van der Waals surface area (Å²) in [5.74, 6) is 0.149. The molecule has 0 spiro atoms. The lowest BCUT2D eigenvalue weighted by molar-refractivity contribution is -0.137. The van der Waals surface area contributed by atoms with Crippen molar-refractivity contribution in [3.63, 3.8) is 0 Å². The predicted molar refractivity (Wildman–Crippen MR) is 63.4 cm³/mol. The first kappa shape index (κ1) is 13.1. The largest absolute Gasteiger partial charge is 0.416 e. The van der Waals surface area contributed by atoms with Crippen LogP contribution in [-0.2, 0) is 10.9 Å². The number of rotatable bonds is 2. The van der Waals surface area contributed by atoms with E-state index in [4.69, 9.17) is 4.74 Å². The van der Waals surface area contributed by atoms with E-state index in [0.29, 0.717) is 13.2 Å². The molecule has 1 aromatic carbocycles. The van der Waals surface area contributed by atoms with Crippen LogP contribution in [0.4, 0.5) is 13.2 Å². The molecule has 1 aromatic rings. The van der Waals surface area contributed by atoms with Gasteiger partial charge in [0.2, 0.25) is 0 Å². The van der Waals surface area contributed by atoms with Crippen LogP contribution >= 0.6 is 0 Å². The van der Waals surface area contributed by atoms with Crippen LogP contribution < -0.4 is 0 Å². The average Bonchev–Trinajstić information content (AvgIpc) is 2.38. The molecule has 1 atom stereocenters. The molecular formula is C14H15F3O. The Hall–Kier alpha value is -1.29. The highest BCUT2D eigenvalue weighted by atomic mass is 19.4. The van der Waals surface area contributed by atoms with E-state index in [0.717, 1.165) is 24.1 Å². The van der Waals surface area contributed by atoms with Crippen molar-refractivity contribution in [2.75, 3.05) is 13.2 Å². The zero-order valence-electron chi connectivity index (χ0n) is 10.1. The summed E-state index contributed by atoms with van der Waals surface area (Å²) < 4.78 is 42.6. The molecule has 0 radical (unpaired) electrons. The van der Waals surface area contributed by atoms with Crippen molar-refractivity contribution in [1.29, 1.82) is 0 Å². The third kappa shape index (κ3) is 2.93. The molecule has 1 nitrogen and oxygen atoms in total. The molecule has 98 valence electrons. The molecule has 2 rings (SSSR count). The second-order valence-corrected chi connectivity index (χ2v) is 4.45. The summed E-state index contributed by atoms with van der Waals surface area (Å²) in [5.41, 5.74) is 1.55. The van der Waals surface area contributed by atoms with Gasteiger partial charge in [-0.05, 0) is 24.1 Å². The first-order valence-corrected chi connectivity index (χ1v) is 5.92. The zero-order chi connectivity index (χ0) is 13.2. The molecule has 18 heavy (non-hydrogen) atoms. The topological polar surface area (TPSA) is 9.23 Å². The standard InChI is InChI=1S/C14H15F3O/c1-10(12-6-8-18-9-7-12)11-2-4-13(5-3-11)14(15,16)17/h2-6,10H,7-9H2,1H3. The molecule has 4 heteroatoms. The van der Waals surface area contributed by atoms with E-state index in [-0.39, 0.29) is 5.92 Å². The van der Waals surface area contributed by atoms with Gasteiger partial charge < -0.3 is 4.74 Å². The minimum absolute atomic E-state index is 0.149. The van der Waals surface area contributed by atoms with Gasteiger partial charge in [0.1, 0.15) is 0 Å². The third-order valence-corrected chi connectivity index (χ3v) is 3.29. The highest BCUT2D eigenvalue weighted by molar-refractivity contribution is 5.32. The Labute approximate surface area is 104 Å². The van der Waals surface area contributed by atoms with Crippen molar-refractivity contribution in [3.8, 4) is 0 Å². The molecule has 0 N–H and O–H groups in total. The maximum absolute atomic E-state index is 12.4. The first-order chi connectivity index (χ1) is 8.48. The van der Waals surface area contributed by atoms with Gasteiger partial charge in [0, 0.05) is 5.92 Å². The van der Waals surface area contributed by atoms with Crippen molar-refractivity contribution in [3.05, 3.63) is 47.0 Å². The van der Waals surface area contributed by atoms with Crippen LogP contribution in [0.3, 0.4) is 0 Å². The molecular weight excluding hydrogens is 241 g/mol. The van der Waals surface area contributed by atoms with E-state index in [9.17, 15) is 13.2 Å². The summed E-state index contributed by atoms with van der Waals surface area (Å²) in [4.78, 5) is 0. The van der Waals surface area contributed by atoms with Gasteiger partial charge in [0.25, 0.3) is 0 Å². The van der Waals surface area contributed by atoms with Crippen LogP contribution in [0.2, 0.25) is 0 Å². The fourth-order valence-electron chi connectivity index (χ4n) is 2.11. The van der Waals surface area contributed by atoms with Gasteiger partial charge in [-0.15, -0.1) is 0 Å². The van der Waals surface area contributed by atoms with Crippen molar-refractivity contribution in [1.82, 2.24) is 0 Å². The van der Waals surface area contributed by atoms with Gasteiger partial charge in [-0.25, -0.2) is 0 Å². The lowest BCUT2D eigenvalue weighted by Crippen LogP contribution is -2.10. The highest BCUT2D eigenvalue weighted by Crippen LogP contribution is 2.32. The summed E-state index contributed by atoms with van der Waals surface area (Å²) in [6.45, 7) is 3.30. The number of benzene rings is 1. The summed E-state index contributed by atoms with van der Waals surface area (Å²) in [6, 6.07) is 5.41. The number of ether oxygens (including phenoxy) is 1. The normalized spacial score (nSPS) is 18.3. The van der Waals surface area contributed by atoms with Crippen LogP contribution in [0, 0.1) is 0 Å². The van der Waals surface area contributed by atoms with E-state index >= 15 is 0 Å². The Bertz CT molecular complexity index is 431. The Balaban J connectivity index is 2.16. The van der Waals surface area contributed by atoms with Gasteiger partial charge in [-0.2, -0.15) is 13.2 Å². The molecule has 0 fully saturated rings. The summed E-state index contributed by atoms with van der Waals surface area (Å²) >= 11 is 0. The average molecular weight is 256 g/mol. The monoisotopic (exact) mass is 256 g/mol. The summed E-state index contributed by atoms with van der Waals surface area (Å²) in [7, 11) is 0. The zero-order valence-corrected chi connectivity index (χ0v) is 10.1. The number of hydrogen-bond donors (Lipinski definition) is 0. The predicted octanol–water partition coefficient (Wildman–Crippen LogP) is 4.16.